The SMILES string of the molecule is Cc1ccnc(Nc2cc(NCCNS(=O)(=O)c3cc(F)ccc3F)nc(C)n2)c1. The van der Waals surface area contributed by atoms with Crippen molar-refractivity contribution in [3.63, 3.8) is 0 Å². The highest BCUT2D eigenvalue weighted by Crippen LogP contribution is 2.17. The Kier molecular flexibility index (Phi) is 6.53. The minimum Gasteiger partial charge on any atom is -0.369 e. The Bertz CT molecular complexity index is 1160. The summed E-state index contributed by atoms with van der Waals surface area (Å²) in [5, 5.41) is 6.05. The van der Waals surface area contributed by atoms with E-state index in [2.05, 4.69) is 30.3 Å². The second kappa shape index (κ2) is 9.09. The van der Waals surface area contributed by atoms with Gasteiger partial charge in [-0.05, 0) is 49.7 Å². The van der Waals surface area contributed by atoms with Gasteiger partial charge in [0.2, 0.25) is 10.0 Å². The first-order chi connectivity index (χ1) is 14.2. The molecule has 0 amide bonds. The molecule has 30 heavy (non-hydrogen) atoms. The summed E-state index contributed by atoms with van der Waals surface area (Å²) in [4.78, 5) is 12.0. The number of aromatic nitrogens is 3. The van der Waals surface area contributed by atoms with Gasteiger partial charge in [-0.2, -0.15) is 0 Å². The number of halogens is 2. The number of pyridine rings is 1. The number of anilines is 3. The summed E-state index contributed by atoms with van der Waals surface area (Å²) in [5.41, 5.74) is 1.04. The van der Waals surface area contributed by atoms with Crippen LogP contribution in [0.25, 0.3) is 0 Å². The second-order valence-electron chi connectivity index (χ2n) is 6.43. The molecule has 2 aromatic heterocycles. The molecule has 3 aromatic rings. The van der Waals surface area contributed by atoms with Gasteiger partial charge in [0.25, 0.3) is 0 Å². The van der Waals surface area contributed by atoms with Gasteiger partial charge >= 0.3 is 0 Å². The van der Waals surface area contributed by atoms with Crippen LogP contribution < -0.4 is 15.4 Å². The molecule has 0 saturated heterocycles. The second-order valence-corrected chi connectivity index (χ2v) is 8.16. The highest BCUT2D eigenvalue weighted by atomic mass is 32.2. The van der Waals surface area contributed by atoms with Crippen molar-refractivity contribution in [2.75, 3.05) is 23.7 Å². The van der Waals surface area contributed by atoms with Crippen LogP contribution in [0.3, 0.4) is 0 Å². The first-order valence-electron chi connectivity index (χ1n) is 8.97. The van der Waals surface area contributed by atoms with E-state index >= 15 is 0 Å². The molecule has 3 rings (SSSR count). The van der Waals surface area contributed by atoms with Gasteiger partial charge in [-0.25, -0.2) is 36.9 Å². The third kappa shape index (κ3) is 5.67. The van der Waals surface area contributed by atoms with Crippen LogP contribution in [0.1, 0.15) is 11.4 Å². The third-order valence-electron chi connectivity index (χ3n) is 3.92. The lowest BCUT2D eigenvalue weighted by Crippen LogP contribution is -2.29. The maximum absolute atomic E-state index is 13.7. The molecule has 158 valence electrons. The van der Waals surface area contributed by atoms with E-state index in [1.54, 1.807) is 19.2 Å². The van der Waals surface area contributed by atoms with Crippen molar-refractivity contribution in [1.82, 2.24) is 19.7 Å². The highest BCUT2D eigenvalue weighted by Gasteiger charge is 2.19. The van der Waals surface area contributed by atoms with Crippen molar-refractivity contribution in [2.24, 2.45) is 0 Å². The van der Waals surface area contributed by atoms with E-state index in [0.29, 0.717) is 29.3 Å². The van der Waals surface area contributed by atoms with Crippen LogP contribution in [-0.4, -0.2) is 36.5 Å². The van der Waals surface area contributed by atoms with Crippen molar-refractivity contribution >= 4 is 27.5 Å². The smallest absolute Gasteiger partial charge is 0.243 e. The molecule has 2 heterocycles. The fraction of sp³-hybridized carbons (Fsp3) is 0.211. The molecule has 11 heteroatoms. The Morgan fingerprint density at radius 2 is 1.70 bits per heavy atom. The summed E-state index contributed by atoms with van der Waals surface area (Å²) in [6.45, 7) is 3.76. The van der Waals surface area contributed by atoms with Gasteiger partial charge in [-0.3, -0.25) is 0 Å². The Balaban J connectivity index is 1.61. The molecule has 0 radical (unpaired) electrons. The summed E-state index contributed by atoms with van der Waals surface area (Å²) in [6.07, 6.45) is 1.68. The number of hydrogen-bond donors (Lipinski definition) is 3. The number of aryl methyl sites for hydroxylation is 2. The van der Waals surface area contributed by atoms with Crippen LogP contribution in [-0.2, 0) is 10.0 Å². The lowest BCUT2D eigenvalue weighted by Gasteiger charge is -2.11. The Labute approximate surface area is 172 Å². The molecule has 1 aromatic carbocycles. The molecule has 0 saturated carbocycles. The molecule has 0 atom stereocenters. The summed E-state index contributed by atoms with van der Waals surface area (Å²) in [7, 11) is -4.19. The van der Waals surface area contributed by atoms with E-state index in [0.717, 1.165) is 17.7 Å². The maximum Gasteiger partial charge on any atom is 0.243 e. The van der Waals surface area contributed by atoms with Crippen LogP contribution in [0.5, 0.6) is 0 Å². The monoisotopic (exact) mass is 434 g/mol. The molecular weight excluding hydrogens is 414 g/mol. The summed E-state index contributed by atoms with van der Waals surface area (Å²) in [5.74, 6) is 0.249. The van der Waals surface area contributed by atoms with Crippen molar-refractivity contribution < 1.29 is 17.2 Å². The third-order valence-corrected chi connectivity index (χ3v) is 5.39. The van der Waals surface area contributed by atoms with Gasteiger partial charge in [-0.15, -0.1) is 0 Å². The molecule has 3 N–H and O–H groups in total. The minimum absolute atomic E-state index is 0.0659. The van der Waals surface area contributed by atoms with Gasteiger partial charge in [-0.1, -0.05) is 0 Å². The van der Waals surface area contributed by atoms with Gasteiger partial charge in [0.15, 0.2) is 0 Å². The first kappa shape index (κ1) is 21.5. The van der Waals surface area contributed by atoms with Crippen molar-refractivity contribution in [3.05, 3.63) is 65.6 Å². The lowest BCUT2D eigenvalue weighted by molar-refractivity contribution is 0.546. The van der Waals surface area contributed by atoms with Gasteiger partial charge in [0, 0.05) is 25.4 Å². The van der Waals surface area contributed by atoms with Crippen LogP contribution in [0, 0.1) is 25.5 Å². The Morgan fingerprint density at radius 1 is 0.933 bits per heavy atom. The topological polar surface area (TPSA) is 109 Å². The fourth-order valence-electron chi connectivity index (χ4n) is 2.59. The van der Waals surface area contributed by atoms with E-state index in [4.69, 9.17) is 0 Å². The number of nitrogens with zero attached hydrogens (tertiary/aromatic N) is 3. The zero-order valence-corrected chi connectivity index (χ0v) is 17.1. The van der Waals surface area contributed by atoms with Crippen molar-refractivity contribution in [3.8, 4) is 0 Å². The first-order valence-corrected chi connectivity index (χ1v) is 10.5. The lowest BCUT2D eigenvalue weighted by atomic mass is 10.3. The number of nitrogens with one attached hydrogen (secondary N) is 3. The zero-order valence-electron chi connectivity index (χ0n) is 16.3. The molecule has 8 nitrogen and oxygen atoms in total. The molecule has 0 unspecified atom stereocenters. The minimum atomic E-state index is -4.19. The quantitative estimate of drug-likeness (QED) is 0.468. The number of rotatable bonds is 8. The van der Waals surface area contributed by atoms with Crippen molar-refractivity contribution in [2.45, 2.75) is 18.7 Å². The van der Waals surface area contributed by atoms with Gasteiger partial charge < -0.3 is 10.6 Å². The van der Waals surface area contributed by atoms with Gasteiger partial charge in [0.1, 0.15) is 39.8 Å². The van der Waals surface area contributed by atoms with E-state index in [-0.39, 0.29) is 13.1 Å². The average Bonchev–Trinajstić information content (AvgIpc) is 2.67. The number of sulfonamides is 1. The largest absolute Gasteiger partial charge is 0.369 e. The Hall–Kier alpha value is -3.18. The highest BCUT2D eigenvalue weighted by molar-refractivity contribution is 7.89. The number of benzene rings is 1. The van der Waals surface area contributed by atoms with Crippen LogP contribution in [0.2, 0.25) is 0 Å². The maximum atomic E-state index is 13.7. The van der Waals surface area contributed by atoms with Gasteiger partial charge in [0.05, 0.1) is 0 Å². The number of hydrogen-bond acceptors (Lipinski definition) is 7. The normalized spacial score (nSPS) is 11.3. The van der Waals surface area contributed by atoms with E-state index < -0.39 is 26.6 Å². The standard InChI is InChI=1S/C19H20F2N6O2S/c1-12-5-6-22-17(9-12)27-19-11-18(25-13(2)26-19)23-7-8-24-30(28,29)16-10-14(20)3-4-15(16)21/h3-6,9-11,24H,7-8H2,1-2H3,(H2,22,23,25,26,27). The van der Waals surface area contributed by atoms with Crippen LogP contribution in [0.15, 0.2) is 47.5 Å². The molecule has 0 aliphatic heterocycles. The summed E-state index contributed by atoms with van der Waals surface area (Å²) in [6, 6.07) is 7.65. The fourth-order valence-corrected chi connectivity index (χ4v) is 3.71. The predicted octanol–water partition coefficient (Wildman–Crippen LogP) is 2.90. The molecule has 0 bridgehead atoms. The molecule has 0 aliphatic rings. The predicted molar refractivity (Wildman–Crippen MR) is 109 cm³/mol. The molecule has 0 aliphatic carbocycles. The molecule has 0 fully saturated rings. The van der Waals surface area contributed by atoms with E-state index in [1.807, 2.05) is 19.1 Å². The average molecular weight is 434 g/mol. The van der Waals surface area contributed by atoms with E-state index in [1.165, 1.54) is 0 Å². The molecule has 0 spiro atoms. The van der Waals surface area contributed by atoms with Crippen LogP contribution >= 0.6 is 0 Å². The van der Waals surface area contributed by atoms with Crippen molar-refractivity contribution in [1.29, 1.82) is 0 Å². The summed E-state index contributed by atoms with van der Waals surface area (Å²) >= 11 is 0. The Morgan fingerprint density at radius 3 is 2.47 bits per heavy atom. The summed E-state index contributed by atoms with van der Waals surface area (Å²) < 4.78 is 53.5. The molecular formula is C19H20F2N6O2S. The zero-order chi connectivity index (χ0) is 21.7. The van der Waals surface area contributed by atoms with Crippen LogP contribution in [0.4, 0.5) is 26.2 Å². The van der Waals surface area contributed by atoms with E-state index in [9.17, 15) is 17.2 Å².